The number of pyridine rings is 1. The lowest BCUT2D eigenvalue weighted by Gasteiger charge is -2.12. The van der Waals surface area contributed by atoms with Gasteiger partial charge in [-0.3, -0.25) is 0 Å². The fourth-order valence-electron chi connectivity index (χ4n) is 3.32. The van der Waals surface area contributed by atoms with Gasteiger partial charge in [-0.1, -0.05) is 0 Å². The van der Waals surface area contributed by atoms with Crippen molar-refractivity contribution in [2.75, 3.05) is 5.32 Å². The molecule has 0 spiro atoms. The van der Waals surface area contributed by atoms with Crippen LogP contribution in [0.4, 0.5) is 11.4 Å². The fourth-order valence-corrected chi connectivity index (χ4v) is 4.30. The van der Waals surface area contributed by atoms with E-state index in [0.29, 0.717) is 5.56 Å². The monoisotopic (exact) mass is 382 g/mol. The number of fused-ring (bicyclic) bond motifs is 2. The minimum atomic E-state index is 0.504. The van der Waals surface area contributed by atoms with Crippen LogP contribution < -0.4 is 5.32 Å². The van der Waals surface area contributed by atoms with E-state index in [4.69, 9.17) is 0 Å². The van der Waals surface area contributed by atoms with Gasteiger partial charge in [-0.15, -0.1) is 16.4 Å². The molecule has 7 heteroatoms. The first-order valence-corrected chi connectivity index (χ1v) is 9.50. The van der Waals surface area contributed by atoms with Crippen molar-refractivity contribution in [3.63, 3.8) is 0 Å². The van der Waals surface area contributed by atoms with E-state index in [1.807, 2.05) is 36.5 Å². The molecule has 0 saturated heterocycles. The highest BCUT2D eigenvalue weighted by Crippen LogP contribution is 2.38. The van der Waals surface area contributed by atoms with Crippen molar-refractivity contribution in [1.29, 1.82) is 5.26 Å². The summed E-state index contributed by atoms with van der Waals surface area (Å²) in [6.45, 7) is 2.07. The number of nitriles is 1. The number of H-pyrrole nitrogens is 1. The third-order valence-electron chi connectivity index (χ3n) is 4.77. The highest BCUT2D eigenvalue weighted by molar-refractivity contribution is 7.21. The molecule has 1 aromatic carbocycles. The van der Waals surface area contributed by atoms with Crippen LogP contribution in [-0.4, -0.2) is 20.2 Å². The van der Waals surface area contributed by atoms with Gasteiger partial charge in [0.05, 0.1) is 16.1 Å². The second-order valence-corrected chi connectivity index (χ2v) is 7.43. The van der Waals surface area contributed by atoms with Gasteiger partial charge in [0.15, 0.2) is 0 Å². The zero-order chi connectivity index (χ0) is 19.1. The molecule has 6 nitrogen and oxygen atoms in total. The predicted molar refractivity (Wildman–Crippen MR) is 112 cm³/mol. The SMILES string of the molecule is Cc1c(Nc2c(C#N)cnc3sc(-c4cccnn4)cc23)ccc2[nH]ccc12. The van der Waals surface area contributed by atoms with Gasteiger partial charge in [0.25, 0.3) is 0 Å². The Kier molecular flexibility index (Phi) is 3.78. The molecular formula is C21H14N6S. The number of aromatic amines is 1. The number of benzene rings is 1. The zero-order valence-electron chi connectivity index (χ0n) is 14.9. The molecule has 0 bridgehead atoms. The van der Waals surface area contributed by atoms with Crippen LogP contribution in [0, 0.1) is 18.3 Å². The van der Waals surface area contributed by atoms with Crippen molar-refractivity contribution in [3.8, 4) is 16.6 Å². The summed E-state index contributed by atoms with van der Waals surface area (Å²) in [5, 5.41) is 23.3. The second-order valence-electron chi connectivity index (χ2n) is 6.40. The number of nitrogens with zero attached hydrogens (tertiary/aromatic N) is 4. The third kappa shape index (κ3) is 2.59. The first-order valence-electron chi connectivity index (χ1n) is 8.69. The molecule has 5 rings (SSSR count). The van der Waals surface area contributed by atoms with Crippen LogP contribution in [0.1, 0.15) is 11.1 Å². The Balaban J connectivity index is 1.67. The topological polar surface area (TPSA) is 90.3 Å². The van der Waals surface area contributed by atoms with Crippen LogP contribution in [0.5, 0.6) is 0 Å². The van der Waals surface area contributed by atoms with Gasteiger partial charge in [-0.05, 0) is 48.9 Å². The molecule has 0 atom stereocenters. The summed E-state index contributed by atoms with van der Waals surface area (Å²) in [6, 6.07) is 14.2. The lowest BCUT2D eigenvalue weighted by molar-refractivity contribution is 1.04. The van der Waals surface area contributed by atoms with Gasteiger partial charge in [0.1, 0.15) is 16.6 Å². The molecule has 0 unspecified atom stereocenters. The Morgan fingerprint density at radius 3 is 2.93 bits per heavy atom. The van der Waals surface area contributed by atoms with E-state index in [1.54, 1.807) is 12.4 Å². The summed E-state index contributed by atoms with van der Waals surface area (Å²) < 4.78 is 0. The maximum Gasteiger partial charge on any atom is 0.126 e. The summed E-state index contributed by atoms with van der Waals surface area (Å²) in [6.07, 6.45) is 5.19. The quantitative estimate of drug-likeness (QED) is 0.450. The van der Waals surface area contributed by atoms with Crippen LogP contribution in [-0.2, 0) is 0 Å². The standard InChI is InChI=1S/C21H14N6S/c1-12-14-6-8-23-17(14)5-4-16(12)26-20-13(10-22)11-24-21-15(20)9-19(28-21)18-3-2-7-25-27-18/h2-9,11,23H,1H3,(H,24,26). The van der Waals surface area contributed by atoms with E-state index in [1.165, 1.54) is 11.3 Å². The smallest absolute Gasteiger partial charge is 0.126 e. The molecule has 0 saturated carbocycles. The number of aromatic nitrogens is 4. The van der Waals surface area contributed by atoms with Crippen molar-refractivity contribution < 1.29 is 0 Å². The molecule has 4 aromatic heterocycles. The first-order chi connectivity index (χ1) is 13.7. The Labute approximate surface area is 164 Å². The average Bonchev–Trinajstić information content (AvgIpc) is 3.38. The third-order valence-corrected chi connectivity index (χ3v) is 5.84. The Bertz CT molecular complexity index is 1360. The molecule has 0 fully saturated rings. The lowest BCUT2D eigenvalue weighted by Crippen LogP contribution is -1.97. The maximum atomic E-state index is 9.63. The number of thiophene rings is 1. The number of hydrogen-bond acceptors (Lipinski definition) is 6. The van der Waals surface area contributed by atoms with E-state index in [9.17, 15) is 5.26 Å². The Morgan fingerprint density at radius 2 is 2.11 bits per heavy atom. The van der Waals surface area contributed by atoms with Gasteiger partial charge in [0, 0.05) is 40.6 Å². The predicted octanol–water partition coefficient (Wildman–Crippen LogP) is 5.16. The van der Waals surface area contributed by atoms with E-state index >= 15 is 0 Å². The second kappa shape index (κ2) is 6.44. The van der Waals surface area contributed by atoms with E-state index in [2.05, 4.69) is 44.5 Å². The highest BCUT2D eigenvalue weighted by Gasteiger charge is 2.15. The minimum Gasteiger partial charge on any atom is -0.361 e. The van der Waals surface area contributed by atoms with E-state index < -0.39 is 0 Å². The number of anilines is 2. The zero-order valence-corrected chi connectivity index (χ0v) is 15.7. The molecule has 28 heavy (non-hydrogen) atoms. The highest BCUT2D eigenvalue weighted by atomic mass is 32.1. The van der Waals surface area contributed by atoms with Crippen LogP contribution in [0.25, 0.3) is 31.7 Å². The van der Waals surface area contributed by atoms with Crippen LogP contribution in [0.15, 0.2) is 55.0 Å². The molecular weight excluding hydrogens is 368 g/mol. The summed E-state index contributed by atoms with van der Waals surface area (Å²) in [4.78, 5) is 9.51. The molecule has 0 aliphatic carbocycles. The molecule has 4 heterocycles. The maximum absolute atomic E-state index is 9.63. The van der Waals surface area contributed by atoms with Gasteiger partial charge < -0.3 is 10.3 Å². The van der Waals surface area contributed by atoms with E-state index in [0.717, 1.165) is 48.6 Å². The largest absolute Gasteiger partial charge is 0.361 e. The average molecular weight is 382 g/mol. The number of hydrogen-bond donors (Lipinski definition) is 2. The molecule has 0 aliphatic rings. The normalized spacial score (nSPS) is 11.0. The van der Waals surface area contributed by atoms with Gasteiger partial charge in [0.2, 0.25) is 0 Å². The summed E-state index contributed by atoms with van der Waals surface area (Å²) in [7, 11) is 0. The molecule has 5 aromatic rings. The Morgan fingerprint density at radius 1 is 1.18 bits per heavy atom. The first kappa shape index (κ1) is 16.4. The van der Waals surface area contributed by atoms with Gasteiger partial charge in [-0.2, -0.15) is 10.4 Å². The van der Waals surface area contributed by atoms with Gasteiger partial charge in [-0.25, -0.2) is 4.98 Å². The molecule has 0 amide bonds. The number of nitrogens with one attached hydrogen (secondary N) is 2. The molecule has 0 radical (unpaired) electrons. The molecule has 0 aliphatic heterocycles. The molecule has 2 N–H and O–H groups in total. The van der Waals surface area contributed by atoms with Crippen molar-refractivity contribution in [2.24, 2.45) is 0 Å². The van der Waals surface area contributed by atoms with Gasteiger partial charge >= 0.3 is 0 Å². The number of aryl methyl sites for hydroxylation is 1. The number of rotatable bonds is 3. The van der Waals surface area contributed by atoms with Crippen molar-refractivity contribution in [1.82, 2.24) is 20.2 Å². The van der Waals surface area contributed by atoms with Crippen molar-refractivity contribution in [2.45, 2.75) is 6.92 Å². The Hall–Kier alpha value is -3.76. The fraction of sp³-hybridized carbons (Fsp3) is 0.0476. The van der Waals surface area contributed by atoms with E-state index in [-0.39, 0.29) is 0 Å². The lowest BCUT2D eigenvalue weighted by atomic mass is 10.1. The molecule has 134 valence electrons. The van der Waals surface area contributed by atoms with Crippen molar-refractivity contribution >= 4 is 43.8 Å². The summed E-state index contributed by atoms with van der Waals surface area (Å²) in [5.41, 5.74) is 5.23. The van der Waals surface area contributed by atoms with Crippen LogP contribution >= 0.6 is 11.3 Å². The van der Waals surface area contributed by atoms with Crippen molar-refractivity contribution in [3.05, 3.63) is 66.1 Å². The summed E-state index contributed by atoms with van der Waals surface area (Å²) >= 11 is 1.53. The summed E-state index contributed by atoms with van der Waals surface area (Å²) in [5.74, 6) is 0. The van der Waals surface area contributed by atoms with Crippen LogP contribution in [0.3, 0.4) is 0 Å². The minimum absolute atomic E-state index is 0.504. The van der Waals surface area contributed by atoms with Crippen LogP contribution in [0.2, 0.25) is 0 Å².